The molecule has 1 amide bonds. The van der Waals surface area contributed by atoms with E-state index in [1.165, 1.54) is 19.3 Å². The average molecular weight is 208 g/mol. The number of fused-ring (bicyclic) bond motifs is 1. The molecule has 0 spiro atoms. The molecule has 3 heteroatoms. The highest BCUT2D eigenvalue weighted by Gasteiger charge is 2.39. The first-order valence-electron chi connectivity index (χ1n) is 6.34. The van der Waals surface area contributed by atoms with Crippen LogP contribution in [-0.4, -0.2) is 37.0 Å². The van der Waals surface area contributed by atoms with Gasteiger partial charge in [0.05, 0.1) is 5.92 Å². The lowest BCUT2D eigenvalue weighted by atomic mass is 10.0. The molecule has 3 rings (SSSR count). The molecule has 3 fully saturated rings. The summed E-state index contributed by atoms with van der Waals surface area (Å²) in [4.78, 5) is 14.3. The number of likely N-dealkylation sites (tertiary alicyclic amines) is 1. The standard InChI is InChI=1S/C12H20N2O/c15-12(9-4-5-13-6-9)14-7-10-2-1-3-11(10)8-14/h9-11,13H,1-8H2/t9-,10?,11?/m0/s1. The Kier molecular flexibility index (Phi) is 2.43. The minimum Gasteiger partial charge on any atom is -0.342 e. The molecule has 15 heavy (non-hydrogen) atoms. The third kappa shape index (κ3) is 1.67. The van der Waals surface area contributed by atoms with Crippen molar-refractivity contribution in [1.29, 1.82) is 0 Å². The Morgan fingerprint density at radius 2 is 1.87 bits per heavy atom. The van der Waals surface area contributed by atoms with Crippen LogP contribution in [-0.2, 0) is 4.79 Å². The van der Waals surface area contributed by atoms with Gasteiger partial charge in [-0.25, -0.2) is 0 Å². The maximum Gasteiger partial charge on any atom is 0.227 e. The van der Waals surface area contributed by atoms with E-state index in [2.05, 4.69) is 10.2 Å². The smallest absolute Gasteiger partial charge is 0.227 e. The summed E-state index contributed by atoms with van der Waals surface area (Å²) in [6.45, 7) is 4.04. The number of rotatable bonds is 1. The molecule has 0 bridgehead atoms. The van der Waals surface area contributed by atoms with Crippen molar-refractivity contribution >= 4 is 5.91 Å². The van der Waals surface area contributed by atoms with Gasteiger partial charge in [-0.2, -0.15) is 0 Å². The summed E-state index contributed by atoms with van der Waals surface area (Å²) in [5, 5.41) is 3.28. The van der Waals surface area contributed by atoms with Gasteiger partial charge in [0.1, 0.15) is 0 Å². The molecule has 3 aliphatic rings. The Morgan fingerprint density at radius 3 is 2.47 bits per heavy atom. The van der Waals surface area contributed by atoms with Crippen LogP contribution in [0.15, 0.2) is 0 Å². The number of hydrogen-bond donors (Lipinski definition) is 1. The van der Waals surface area contributed by atoms with Crippen LogP contribution in [0.25, 0.3) is 0 Å². The lowest BCUT2D eigenvalue weighted by Crippen LogP contribution is -2.35. The lowest BCUT2D eigenvalue weighted by Gasteiger charge is -2.20. The van der Waals surface area contributed by atoms with Gasteiger partial charge in [0.15, 0.2) is 0 Å². The van der Waals surface area contributed by atoms with E-state index in [4.69, 9.17) is 0 Å². The normalized spacial score (nSPS) is 39.7. The van der Waals surface area contributed by atoms with Gasteiger partial charge in [-0.1, -0.05) is 6.42 Å². The first kappa shape index (κ1) is 9.64. The third-order valence-corrected chi connectivity index (χ3v) is 4.45. The third-order valence-electron chi connectivity index (χ3n) is 4.45. The molecule has 1 N–H and O–H groups in total. The molecule has 0 aromatic carbocycles. The minimum absolute atomic E-state index is 0.281. The Labute approximate surface area is 91.2 Å². The topological polar surface area (TPSA) is 32.3 Å². The van der Waals surface area contributed by atoms with Gasteiger partial charge in [-0.3, -0.25) is 4.79 Å². The molecular formula is C12H20N2O. The fraction of sp³-hybridized carbons (Fsp3) is 0.917. The van der Waals surface area contributed by atoms with Crippen molar-refractivity contribution in [1.82, 2.24) is 10.2 Å². The summed E-state index contributed by atoms with van der Waals surface area (Å²) < 4.78 is 0. The van der Waals surface area contributed by atoms with E-state index < -0.39 is 0 Å². The van der Waals surface area contributed by atoms with Crippen LogP contribution in [0.1, 0.15) is 25.7 Å². The van der Waals surface area contributed by atoms with Gasteiger partial charge < -0.3 is 10.2 Å². The fourth-order valence-corrected chi connectivity index (χ4v) is 3.54. The largest absolute Gasteiger partial charge is 0.342 e. The lowest BCUT2D eigenvalue weighted by molar-refractivity contribution is -0.134. The van der Waals surface area contributed by atoms with Crippen LogP contribution in [0.2, 0.25) is 0 Å². The quantitative estimate of drug-likeness (QED) is 0.693. The zero-order chi connectivity index (χ0) is 10.3. The predicted octanol–water partition coefficient (Wildman–Crippen LogP) is 0.854. The number of carbonyl (C=O) groups is 1. The SMILES string of the molecule is O=C([C@H]1CCNC1)N1CC2CCCC2C1. The summed E-state index contributed by atoms with van der Waals surface area (Å²) in [5.74, 6) is 2.38. The number of nitrogens with one attached hydrogen (secondary N) is 1. The minimum atomic E-state index is 0.281. The molecule has 2 heterocycles. The molecule has 0 radical (unpaired) electrons. The van der Waals surface area contributed by atoms with Gasteiger partial charge in [0.25, 0.3) is 0 Å². The second kappa shape index (κ2) is 3.78. The van der Waals surface area contributed by atoms with Crippen LogP contribution in [0.3, 0.4) is 0 Å². The second-order valence-electron chi connectivity index (χ2n) is 5.38. The van der Waals surface area contributed by atoms with Gasteiger partial charge >= 0.3 is 0 Å². The first-order valence-corrected chi connectivity index (χ1v) is 6.34. The van der Waals surface area contributed by atoms with E-state index in [1.807, 2.05) is 0 Å². The Hall–Kier alpha value is -0.570. The van der Waals surface area contributed by atoms with Crippen molar-refractivity contribution in [2.45, 2.75) is 25.7 Å². The van der Waals surface area contributed by atoms with Gasteiger partial charge in [0.2, 0.25) is 5.91 Å². The Bertz CT molecular complexity index is 248. The highest BCUT2D eigenvalue weighted by molar-refractivity contribution is 5.79. The summed E-state index contributed by atoms with van der Waals surface area (Å²) in [6.07, 6.45) is 5.15. The van der Waals surface area contributed by atoms with Gasteiger partial charge in [0, 0.05) is 19.6 Å². The van der Waals surface area contributed by atoms with Gasteiger partial charge in [-0.05, 0) is 37.6 Å². The zero-order valence-corrected chi connectivity index (χ0v) is 9.24. The zero-order valence-electron chi connectivity index (χ0n) is 9.24. The highest BCUT2D eigenvalue weighted by atomic mass is 16.2. The van der Waals surface area contributed by atoms with Crippen LogP contribution >= 0.6 is 0 Å². The summed E-state index contributed by atoms with van der Waals surface area (Å²) in [6, 6.07) is 0. The molecule has 2 saturated heterocycles. The van der Waals surface area contributed by atoms with Crippen LogP contribution in [0.5, 0.6) is 0 Å². The van der Waals surface area contributed by atoms with E-state index in [1.54, 1.807) is 0 Å². The van der Waals surface area contributed by atoms with Crippen LogP contribution in [0, 0.1) is 17.8 Å². The molecule has 84 valence electrons. The summed E-state index contributed by atoms with van der Waals surface area (Å²) >= 11 is 0. The van der Waals surface area contributed by atoms with Crippen molar-refractivity contribution in [2.24, 2.45) is 17.8 Å². The van der Waals surface area contributed by atoms with Crippen molar-refractivity contribution in [2.75, 3.05) is 26.2 Å². The molecule has 1 saturated carbocycles. The number of carbonyl (C=O) groups excluding carboxylic acids is 1. The first-order chi connectivity index (χ1) is 7.34. The predicted molar refractivity (Wildman–Crippen MR) is 58.4 cm³/mol. The molecule has 1 aliphatic carbocycles. The molecule has 2 unspecified atom stereocenters. The van der Waals surface area contributed by atoms with E-state index in [0.29, 0.717) is 5.91 Å². The number of nitrogens with zero attached hydrogens (tertiary/aromatic N) is 1. The van der Waals surface area contributed by atoms with E-state index in [9.17, 15) is 4.79 Å². The fourth-order valence-electron chi connectivity index (χ4n) is 3.54. The second-order valence-corrected chi connectivity index (χ2v) is 5.38. The summed E-state index contributed by atoms with van der Waals surface area (Å²) in [5.41, 5.74) is 0. The van der Waals surface area contributed by atoms with E-state index in [0.717, 1.165) is 44.4 Å². The summed E-state index contributed by atoms with van der Waals surface area (Å²) in [7, 11) is 0. The Morgan fingerprint density at radius 1 is 1.13 bits per heavy atom. The molecule has 0 aromatic rings. The van der Waals surface area contributed by atoms with Crippen LogP contribution in [0.4, 0.5) is 0 Å². The molecule has 0 aromatic heterocycles. The van der Waals surface area contributed by atoms with E-state index in [-0.39, 0.29) is 5.92 Å². The highest BCUT2D eigenvalue weighted by Crippen LogP contribution is 2.38. The van der Waals surface area contributed by atoms with Crippen molar-refractivity contribution in [3.63, 3.8) is 0 Å². The van der Waals surface area contributed by atoms with Crippen molar-refractivity contribution in [3.05, 3.63) is 0 Å². The number of amides is 1. The molecule has 2 aliphatic heterocycles. The molecule has 3 nitrogen and oxygen atoms in total. The van der Waals surface area contributed by atoms with Crippen molar-refractivity contribution in [3.8, 4) is 0 Å². The maximum atomic E-state index is 12.2. The van der Waals surface area contributed by atoms with Crippen molar-refractivity contribution < 1.29 is 4.79 Å². The number of hydrogen-bond acceptors (Lipinski definition) is 2. The molecule has 3 atom stereocenters. The van der Waals surface area contributed by atoms with E-state index >= 15 is 0 Å². The molecular weight excluding hydrogens is 188 g/mol. The average Bonchev–Trinajstić information content (AvgIpc) is 2.92. The van der Waals surface area contributed by atoms with Gasteiger partial charge in [-0.15, -0.1) is 0 Å². The Balaban J connectivity index is 1.61. The van der Waals surface area contributed by atoms with Crippen LogP contribution < -0.4 is 5.32 Å². The maximum absolute atomic E-state index is 12.2. The monoisotopic (exact) mass is 208 g/mol.